The van der Waals surface area contributed by atoms with Crippen LogP contribution in [0.25, 0.3) is 11.4 Å². The summed E-state index contributed by atoms with van der Waals surface area (Å²) in [5.74, 6) is 0.744. The van der Waals surface area contributed by atoms with Crippen LogP contribution in [0, 0.1) is 11.3 Å². The Morgan fingerprint density at radius 3 is 2.85 bits per heavy atom. The van der Waals surface area contributed by atoms with E-state index in [4.69, 9.17) is 16.9 Å². The van der Waals surface area contributed by atoms with Crippen LogP contribution in [0.5, 0.6) is 0 Å². The van der Waals surface area contributed by atoms with Crippen molar-refractivity contribution in [1.82, 2.24) is 20.1 Å². The second kappa shape index (κ2) is 8.71. The summed E-state index contributed by atoms with van der Waals surface area (Å²) in [5, 5.41) is 21.3. The maximum atomic E-state index is 12.1. The van der Waals surface area contributed by atoms with Crippen molar-refractivity contribution in [3.05, 3.63) is 64.7 Å². The number of carbonyl (C=O) groups is 1. The Hall–Kier alpha value is -2.82. The highest BCUT2D eigenvalue weighted by Gasteiger charge is 2.14. The molecule has 0 radical (unpaired) electrons. The molecule has 0 fully saturated rings. The molecule has 1 N–H and O–H groups in total. The molecule has 27 heavy (non-hydrogen) atoms. The Morgan fingerprint density at radius 2 is 2.07 bits per heavy atom. The molecule has 0 saturated carbocycles. The molecular weight excluding hydrogens is 382 g/mol. The van der Waals surface area contributed by atoms with E-state index < -0.39 is 0 Å². The zero-order chi connectivity index (χ0) is 19.2. The average Bonchev–Trinajstić information content (AvgIpc) is 3.05. The molecule has 1 heterocycles. The molecule has 0 saturated heterocycles. The first-order chi connectivity index (χ1) is 13.1. The smallest absolute Gasteiger partial charge is 0.230 e. The van der Waals surface area contributed by atoms with Crippen LogP contribution in [-0.2, 0) is 18.4 Å². The summed E-state index contributed by atoms with van der Waals surface area (Å²) in [5.41, 5.74) is 2.25. The van der Waals surface area contributed by atoms with E-state index in [1.54, 1.807) is 24.3 Å². The van der Waals surface area contributed by atoms with Crippen LogP contribution in [-0.4, -0.2) is 26.4 Å². The van der Waals surface area contributed by atoms with E-state index in [-0.39, 0.29) is 11.7 Å². The summed E-state index contributed by atoms with van der Waals surface area (Å²) < 4.78 is 1.82. The molecule has 0 bridgehead atoms. The number of hydrogen-bond acceptors (Lipinski definition) is 5. The minimum atomic E-state index is -0.121. The summed E-state index contributed by atoms with van der Waals surface area (Å²) in [6, 6.07) is 16.7. The molecule has 8 heteroatoms. The monoisotopic (exact) mass is 397 g/mol. The number of nitriles is 1. The van der Waals surface area contributed by atoms with Gasteiger partial charge < -0.3 is 9.88 Å². The predicted octanol–water partition coefficient (Wildman–Crippen LogP) is 3.42. The van der Waals surface area contributed by atoms with Crippen LogP contribution in [0.1, 0.15) is 11.1 Å². The van der Waals surface area contributed by atoms with E-state index in [2.05, 4.69) is 21.6 Å². The van der Waals surface area contributed by atoms with E-state index in [1.807, 2.05) is 35.9 Å². The third-order valence-electron chi connectivity index (χ3n) is 3.83. The van der Waals surface area contributed by atoms with Gasteiger partial charge in [0.2, 0.25) is 5.91 Å². The molecule has 3 aromatic rings. The molecule has 0 unspecified atom stereocenters. The normalized spacial score (nSPS) is 10.4. The fraction of sp³-hybridized carbons (Fsp3) is 0.158. The van der Waals surface area contributed by atoms with E-state index in [0.29, 0.717) is 28.1 Å². The van der Waals surface area contributed by atoms with Crippen molar-refractivity contribution in [2.24, 2.45) is 7.05 Å². The summed E-state index contributed by atoms with van der Waals surface area (Å²) in [7, 11) is 1.84. The van der Waals surface area contributed by atoms with Crippen LogP contribution in [0.4, 0.5) is 0 Å². The van der Waals surface area contributed by atoms with Crippen molar-refractivity contribution in [1.29, 1.82) is 5.26 Å². The Kier molecular flexibility index (Phi) is 6.12. The minimum Gasteiger partial charge on any atom is -0.351 e. The lowest BCUT2D eigenvalue weighted by molar-refractivity contribution is -0.118. The van der Waals surface area contributed by atoms with Gasteiger partial charge in [0.1, 0.15) is 0 Å². The van der Waals surface area contributed by atoms with E-state index in [1.165, 1.54) is 11.8 Å². The topological polar surface area (TPSA) is 83.6 Å². The minimum absolute atomic E-state index is 0.121. The molecule has 6 nitrogen and oxygen atoms in total. The largest absolute Gasteiger partial charge is 0.351 e. The first-order valence-corrected chi connectivity index (χ1v) is 9.47. The molecule has 0 spiro atoms. The molecule has 2 aromatic carbocycles. The van der Waals surface area contributed by atoms with Gasteiger partial charge in [-0.2, -0.15) is 5.26 Å². The number of halogens is 1. The van der Waals surface area contributed by atoms with Crippen molar-refractivity contribution in [3.8, 4) is 17.5 Å². The molecule has 3 rings (SSSR count). The van der Waals surface area contributed by atoms with E-state index in [0.717, 1.165) is 11.1 Å². The number of rotatable bonds is 6. The van der Waals surface area contributed by atoms with Gasteiger partial charge in [0.05, 0.1) is 22.4 Å². The highest BCUT2D eigenvalue weighted by molar-refractivity contribution is 7.99. The molecule has 1 aromatic heterocycles. The van der Waals surface area contributed by atoms with Crippen LogP contribution in [0.2, 0.25) is 5.02 Å². The highest BCUT2D eigenvalue weighted by atomic mass is 35.5. The highest BCUT2D eigenvalue weighted by Crippen LogP contribution is 2.28. The maximum absolute atomic E-state index is 12.1. The Balaban J connectivity index is 1.58. The van der Waals surface area contributed by atoms with Gasteiger partial charge in [-0.15, -0.1) is 10.2 Å². The number of aromatic nitrogens is 3. The fourth-order valence-corrected chi connectivity index (χ4v) is 3.41. The van der Waals surface area contributed by atoms with Gasteiger partial charge in [-0.1, -0.05) is 47.6 Å². The fourth-order valence-electron chi connectivity index (χ4n) is 2.45. The molecule has 0 aliphatic rings. The Morgan fingerprint density at radius 1 is 1.26 bits per heavy atom. The summed E-state index contributed by atoms with van der Waals surface area (Å²) >= 11 is 7.52. The summed E-state index contributed by atoms with van der Waals surface area (Å²) in [6.45, 7) is 0.374. The van der Waals surface area contributed by atoms with Gasteiger partial charge in [0, 0.05) is 19.2 Å². The maximum Gasteiger partial charge on any atom is 0.230 e. The molecule has 0 atom stereocenters. The zero-order valence-electron chi connectivity index (χ0n) is 14.5. The number of nitrogens with zero attached hydrogens (tertiary/aromatic N) is 4. The zero-order valence-corrected chi connectivity index (χ0v) is 16.1. The van der Waals surface area contributed by atoms with Gasteiger partial charge >= 0.3 is 0 Å². The standard InChI is InChI=1S/C19H16ClN5OS/c1-25-18(15-7-2-3-8-16(15)20)23-24-19(25)27-12-17(26)22-11-14-6-4-5-13(9-14)10-21/h2-9H,11-12H2,1H3,(H,22,26). The number of thioether (sulfide) groups is 1. The lowest BCUT2D eigenvalue weighted by atomic mass is 10.1. The van der Waals surface area contributed by atoms with Crippen molar-refractivity contribution >= 4 is 29.3 Å². The van der Waals surface area contributed by atoms with E-state index >= 15 is 0 Å². The summed E-state index contributed by atoms with van der Waals surface area (Å²) in [6.07, 6.45) is 0. The van der Waals surface area contributed by atoms with Crippen LogP contribution >= 0.6 is 23.4 Å². The Labute approximate surface area is 166 Å². The lowest BCUT2D eigenvalue weighted by Gasteiger charge is -2.07. The SMILES string of the molecule is Cn1c(SCC(=O)NCc2cccc(C#N)c2)nnc1-c1ccccc1Cl. The molecule has 1 amide bonds. The number of carbonyl (C=O) groups excluding carboxylic acids is 1. The first-order valence-electron chi connectivity index (χ1n) is 8.11. The van der Waals surface area contributed by atoms with Crippen molar-refractivity contribution in [2.45, 2.75) is 11.7 Å². The third-order valence-corrected chi connectivity index (χ3v) is 5.18. The molecule has 136 valence electrons. The number of amides is 1. The molecule has 0 aliphatic carbocycles. The van der Waals surface area contributed by atoms with Crippen molar-refractivity contribution < 1.29 is 4.79 Å². The Bertz CT molecular complexity index is 1010. The van der Waals surface area contributed by atoms with Gasteiger partial charge in [0.15, 0.2) is 11.0 Å². The van der Waals surface area contributed by atoms with Gasteiger partial charge in [-0.05, 0) is 29.8 Å². The lowest BCUT2D eigenvalue weighted by Crippen LogP contribution is -2.24. The van der Waals surface area contributed by atoms with Gasteiger partial charge in [0.25, 0.3) is 0 Å². The van der Waals surface area contributed by atoms with Crippen LogP contribution in [0.3, 0.4) is 0 Å². The number of hydrogen-bond donors (Lipinski definition) is 1. The number of benzene rings is 2. The molecular formula is C19H16ClN5OS. The number of nitrogens with one attached hydrogen (secondary N) is 1. The quantitative estimate of drug-likeness (QED) is 0.644. The van der Waals surface area contributed by atoms with E-state index in [9.17, 15) is 4.79 Å². The first kappa shape index (κ1) is 19.0. The summed E-state index contributed by atoms with van der Waals surface area (Å²) in [4.78, 5) is 12.1. The second-order valence-corrected chi connectivity index (χ2v) is 7.07. The van der Waals surface area contributed by atoms with Crippen LogP contribution in [0.15, 0.2) is 53.7 Å². The molecule has 0 aliphatic heterocycles. The third kappa shape index (κ3) is 4.67. The van der Waals surface area contributed by atoms with Crippen molar-refractivity contribution in [3.63, 3.8) is 0 Å². The second-order valence-electron chi connectivity index (χ2n) is 5.72. The predicted molar refractivity (Wildman–Crippen MR) is 105 cm³/mol. The average molecular weight is 398 g/mol. The van der Waals surface area contributed by atoms with Gasteiger partial charge in [-0.3, -0.25) is 4.79 Å². The van der Waals surface area contributed by atoms with Gasteiger partial charge in [-0.25, -0.2) is 0 Å². The van der Waals surface area contributed by atoms with Crippen LogP contribution < -0.4 is 5.32 Å². The van der Waals surface area contributed by atoms with Crippen molar-refractivity contribution in [2.75, 3.05) is 5.75 Å².